The molecular formula is C26H27N7OS. The number of aromatic nitrogens is 5. The molecule has 0 radical (unpaired) electrons. The van der Waals surface area contributed by atoms with Crippen LogP contribution >= 0.6 is 11.8 Å². The smallest absolute Gasteiger partial charge is 0.206 e. The van der Waals surface area contributed by atoms with E-state index in [1.54, 1.807) is 12.4 Å². The zero-order valence-electron chi connectivity index (χ0n) is 19.6. The topological polar surface area (TPSA) is 114 Å². The van der Waals surface area contributed by atoms with Gasteiger partial charge in [0, 0.05) is 36.6 Å². The molecule has 0 unspecified atom stereocenters. The Kier molecular flexibility index (Phi) is 5.53. The zero-order chi connectivity index (χ0) is 24.0. The Bertz CT molecular complexity index is 1410. The van der Waals surface area contributed by atoms with Crippen molar-refractivity contribution >= 4 is 34.8 Å². The lowest BCUT2D eigenvalue weighted by Gasteiger charge is -2.42. The number of hydrogen-bond acceptors (Lipinski definition) is 8. The fraction of sp³-hybridized carbons (Fsp3) is 0.346. The monoisotopic (exact) mass is 485 g/mol. The summed E-state index contributed by atoms with van der Waals surface area (Å²) in [4.78, 5) is 36.9. The largest absolute Gasteiger partial charge is 0.342 e. The average molecular weight is 486 g/mol. The molecule has 178 valence electrons. The van der Waals surface area contributed by atoms with Gasteiger partial charge in [0.05, 0.1) is 6.20 Å². The first-order chi connectivity index (χ1) is 17.1. The highest BCUT2D eigenvalue weighted by molar-refractivity contribution is 7.99. The molecule has 4 aromatic rings. The molecule has 1 aliphatic heterocycles. The summed E-state index contributed by atoms with van der Waals surface area (Å²) >= 11 is 1.39. The first kappa shape index (κ1) is 22.2. The minimum Gasteiger partial charge on any atom is -0.342 e. The summed E-state index contributed by atoms with van der Waals surface area (Å²) in [6.45, 7) is 3.62. The number of Topliss-reactive ketones (excluding diaryl/α,β-unsaturated/α-hetero) is 1. The second kappa shape index (κ2) is 8.73. The van der Waals surface area contributed by atoms with E-state index in [-0.39, 0.29) is 17.2 Å². The molecule has 1 saturated heterocycles. The van der Waals surface area contributed by atoms with E-state index in [2.05, 4.69) is 44.1 Å². The molecule has 3 aromatic heterocycles. The van der Waals surface area contributed by atoms with E-state index in [1.165, 1.54) is 22.9 Å². The van der Waals surface area contributed by atoms with Crippen molar-refractivity contribution in [1.29, 1.82) is 0 Å². The summed E-state index contributed by atoms with van der Waals surface area (Å²) in [5.41, 5.74) is 11.3. The molecule has 0 bridgehead atoms. The molecule has 1 spiro atoms. The Hall–Kier alpha value is -3.30. The molecule has 9 heteroatoms. The van der Waals surface area contributed by atoms with Crippen LogP contribution in [0.2, 0.25) is 0 Å². The Morgan fingerprint density at radius 2 is 2.00 bits per heavy atom. The van der Waals surface area contributed by atoms with Crippen LogP contribution in [0.5, 0.6) is 0 Å². The van der Waals surface area contributed by atoms with Crippen LogP contribution in [0.25, 0.3) is 11.3 Å². The van der Waals surface area contributed by atoms with Gasteiger partial charge in [-0.05, 0) is 47.9 Å². The van der Waals surface area contributed by atoms with Gasteiger partial charge in [0.2, 0.25) is 5.95 Å². The molecular weight excluding hydrogens is 458 g/mol. The number of ketones is 1. The van der Waals surface area contributed by atoms with Crippen LogP contribution in [0.1, 0.15) is 53.8 Å². The summed E-state index contributed by atoms with van der Waals surface area (Å²) in [5.74, 6) is 0.809. The molecule has 1 aliphatic carbocycles. The number of rotatable bonds is 5. The van der Waals surface area contributed by atoms with Crippen LogP contribution in [0.4, 0.5) is 5.95 Å². The SMILES string of the molecule is CCC(=O)c1ncccc1Sc1cnc2nc(N3CCC4(CC3)Cc3ccccc3[C@H]4N)[nH]c2n1. The van der Waals surface area contributed by atoms with Crippen LogP contribution in [0.15, 0.2) is 58.7 Å². The van der Waals surface area contributed by atoms with Crippen LogP contribution in [0.3, 0.4) is 0 Å². The Morgan fingerprint density at radius 1 is 1.17 bits per heavy atom. The number of anilines is 1. The first-order valence-corrected chi connectivity index (χ1v) is 12.8. The Balaban J connectivity index is 1.19. The van der Waals surface area contributed by atoms with Crippen molar-refractivity contribution in [2.45, 2.75) is 48.6 Å². The third kappa shape index (κ3) is 3.88. The molecule has 0 amide bonds. The van der Waals surface area contributed by atoms with Crippen LogP contribution in [-0.2, 0) is 6.42 Å². The summed E-state index contributed by atoms with van der Waals surface area (Å²) in [6.07, 6.45) is 6.86. The van der Waals surface area contributed by atoms with Gasteiger partial charge in [-0.25, -0.2) is 9.97 Å². The highest BCUT2D eigenvalue weighted by atomic mass is 32.2. The van der Waals surface area contributed by atoms with Crippen molar-refractivity contribution in [1.82, 2.24) is 24.9 Å². The van der Waals surface area contributed by atoms with Crippen molar-refractivity contribution in [3.05, 3.63) is 65.6 Å². The lowest BCUT2D eigenvalue weighted by atomic mass is 9.73. The van der Waals surface area contributed by atoms with Gasteiger partial charge in [0.1, 0.15) is 10.7 Å². The molecule has 35 heavy (non-hydrogen) atoms. The molecule has 6 rings (SSSR count). The van der Waals surface area contributed by atoms with Gasteiger partial charge >= 0.3 is 0 Å². The van der Waals surface area contributed by atoms with Gasteiger partial charge in [-0.2, -0.15) is 4.98 Å². The van der Waals surface area contributed by atoms with Gasteiger partial charge in [0.25, 0.3) is 0 Å². The molecule has 4 heterocycles. The van der Waals surface area contributed by atoms with E-state index in [4.69, 9.17) is 15.7 Å². The number of nitrogens with zero attached hydrogens (tertiary/aromatic N) is 5. The normalized spacial score (nSPS) is 18.8. The number of fused-ring (bicyclic) bond motifs is 2. The number of piperidine rings is 1. The molecule has 1 atom stereocenters. The third-order valence-corrected chi connectivity index (χ3v) is 8.35. The van der Waals surface area contributed by atoms with Gasteiger partial charge in [-0.3, -0.25) is 9.78 Å². The van der Waals surface area contributed by atoms with Crippen molar-refractivity contribution in [2.24, 2.45) is 11.1 Å². The second-order valence-corrected chi connectivity index (χ2v) is 10.4. The summed E-state index contributed by atoms with van der Waals surface area (Å²) < 4.78 is 0. The molecule has 3 N–H and O–H groups in total. The minimum atomic E-state index is 0.0129. The number of H-pyrrole nitrogens is 1. The maximum Gasteiger partial charge on any atom is 0.206 e. The highest BCUT2D eigenvalue weighted by Crippen LogP contribution is 2.50. The number of carbonyl (C=O) groups excluding carboxylic acids is 1. The van der Waals surface area contributed by atoms with Crippen LogP contribution in [0, 0.1) is 5.41 Å². The number of nitrogens with two attached hydrogens (primary N) is 1. The van der Waals surface area contributed by atoms with Crippen molar-refractivity contribution in [3.63, 3.8) is 0 Å². The number of pyridine rings is 1. The van der Waals surface area contributed by atoms with Crippen molar-refractivity contribution < 1.29 is 4.79 Å². The maximum absolute atomic E-state index is 12.3. The Labute approximate surface area is 207 Å². The van der Waals surface area contributed by atoms with E-state index in [1.807, 2.05) is 19.1 Å². The quantitative estimate of drug-likeness (QED) is 0.402. The fourth-order valence-electron chi connectivity index (χ4n) is 5.40. The second-order valence-electron chi connectivity index (χ2n) is 9.37. The molecule has 2 aliphatic rings. The fourth-order valence-corrected chi connectivity index (χ4v) is 6.27. The molecule has 1 aromatic carbocycles. The lowest BCUT2D eigenvalue weighted by molar-refractivity contribution is 0.0980. The van der Waals surface area contributed by atoms with Crippen molar-refractivity contribution in [3.8, 4) is 0 Å². The number of imidazole rings is 1. The summed E-state index contributed by atoms with van der Waals surface area (Å²) in [5, 5.41) is 0.693. The predicted molar refractivity (Wildman–Crippen MR) is 136 cm³/mol. The van der Waals surface area contributed by atoms with Crippen LogP contribution < -0.4 is 10.6 Å². The highest BCUT2D eigenvalue weighted by Gasteiger charge is 2.46. The average Bonchev–Trinajstić information content (AvgIpc) is 3.43. The maximum atomic E-state index is 12.3. The molecule has 0 saturated carbocycles. The van der Waals surface area contributed by atoms with E-state index >= 15 is 0 Å². The minimum absolute atomic E-state index is 0.0129. The van der Waals surface area contributed by atoms with Crippen molar-refractivity contribution in [2.75, 3.05) is 18.0 Å². The van der Waals surface area contributed by atoms with E-state index in [0.29, 0.717) is 28.4 Å². The van der Waals surface area contributed by atoms with Gasteiger partial charge in [-0.1, -0.05) is 43.0 Å². The van der Waals surface area contributed by atoms with Crippen LogP contribution in [-0.4, -0.2) is 43.8 Å². The summed E-state index contributed by atoms with van der Waals surface area (Å²) in [6, 6.07) is 12.4. The lowest BCUT2D eigenvalue weighted by Crippen LogP contribution is -2.44. The zero-order valence-corrected chi connectivity index (χ0v) is 20.4. The van der Waals surface area contributed by atoms with Gasteiger partial charge < -0.3 is 15.6 Å². The Morgan fingerprint density at radius 3 is 2.80 bits per heavy atom. The number of nitrogens with one attached hydrogen (secondary N) is 1. The van der Waals surface area contributed by atoms with E-state index < -0.39 is 0 Å². The number of hydrogen-bond donors (Lipinski definition) is 2. The molecule has 1 fully saturated rings. The number of carbonyl (C=O) groups is 1. The third-order valence-electron chi connectivity index (χ3n) is 7.39. The first-order valence-electron chi connectivity index (χ1n) is 12.0. The standard InChI is InChI=1S/C26H27N7OS/c1-2-18(34)21-19(8-5-11-28-21)35-20-15-29-23-24(30-20)32-25(31-23)33-12-9-26(10-13-33)14-16-6-3-4-7-17(16)22(26)27/h3-8,11,15,22H,2,9-10,12-14,27H2,1H3,(H,29,30,31,32)/t22-/m1/s1. The van der Waals surface area contributed by atoms with E-state index in [9.17, 15) is 4.79 Å². The number of aromatic amines is 1. The number of benzene rings is 1. The van der Waals surface area contributed by atoms with E-state index in [0.717, 1.165) is 43.2 Å². The predicted octanol–water partition coefficient (Wildman–Crippen LogP) is 4.33. The van der Waals surface area contributed by atoms with Gasteiger partial charge in [0.15, 0.2) is 17.1 Å². The summed E-state index contributed by atoms with van der Waals surface area (Å²) in [7, 11) is 0. The van der Waals surface area contributed by atoms with Gasteiger partial charge in [-0.15, -0.1) is 0 Å². The molecule has 8 nitrogen and oxygen atoms in total.